The van der Waals surface area contributed by atoms with E-state index in [1.165, 1.54) is 5.56 Å². The molecule has 27 heavy (non-hydrogen) atoms. The molecule has 0 aliphatic carbocycles. The number of carbonyl (C=O) groups is 1. The van der Waals surface area contributed by atoms with Gasteiger partial charge < -0.3 is 5.11 Å². The molecular weight excluding hydrogens is 338 g/mol. The van der Waals surface area contributed by atoms with Crippen LogP contribution in [0.2, 0.25) is 0 Å². The van der Waals surface area contributed by atoms with Gasteiger partial charge in [-0.2, -0.15) is 0 Å². The Morgan fingerprint density at radius 1 is 0.852 bits per heavy atom. The van der Waals surface area contributed by atoms with Crippen molar-refractivity contribution in [3.63, 3.8) is 0 Å². The summed E-state index contributed by atoms with van der Waals surface area (Å²) in [4.78, 5) is 20.3. The third-order valence-electron chi connectivity index (χ3n) is 4.37. The summed E-state index contributed by atoms with van der Waals surface area (Å²) in [5.41, 5.74) is 3.12. The van der Waals surface area contributed by atoms with Crippen LogP contribution in [0.4, 0.5) is 0 Å². The van der Waals surface area contributed by atoms with Crippen molar-refractivity contribution in [3.05, 3.63) is 95.6 Å². The molecule has 0 saturated carbocycles. The lowest BCUT2D eigenvalue weighted by Crippen LogP contribution is -2.38. The number of rotatable bonds is 9. The fraction of sp³-hybridized carbons (Fsp3) is 0.227. The minimum Gasteiger partial charge on any atom is -0.480 e. The van der Waals surface area contributed by atoms with E-state index in [0.29, 0.717) is 13.0 Å². The number of aliphatic carboxylic acids is 1. The van der Waals surface area contributed by atoms with E-state index < -0.39 is 12.0 Å². The Morgan fingerprint density at radius 3 is 2.04 bits per heavy atom. The van der Waals surface area contributed by atoms with Gasteiger partial charge in [-0.25, -0.2) is 9.97 Å². The Balaban J connectivity index is 1.51. The lowest BCUT2D eigenvalue weighted by atomic mass is 10.1. The third kappa shape index (κ3) is 6.01. The number of carboxylic acids is 1. The molecule has 5 heteroatoms. The molecule has 3 rings (SSSR count). The third-order valence-corrected chi connectivity index (χ3v) is 4.37. The highest BCUT2D eigenvalue weighted by Crippen LogP contribution is 2.06. The van der Waals surface area contributed by atoms with Crippen molar-refractivity contribution in [3.8, 4) is 0 Å². The van der Waals surface area contributed by atoms with Crippen molar-refractivity contribution in [1.82, 2.24) is 15.3 Å². The van der Waals surface area contributed by atoms with E-state index in [-0.39, 0.29) is 0 Å². The van der Waals surface area contributed by atoms with Gasteiger partial charge in [0.05, 0.1) is 0 Å². The summed E-state index contributed by atoms with van der Waals surface area (Å²) in [6.07, 6.45) is 5.65. The Hall–Kier alpha value is -3.05. The average molecular weight is 361 g/mol. The van der Waals surface area contributed by atoms with Gasteiger partial charge in [0.25, 0.3) is 0 Å². The van der Waals surface area contributed by atoms with Crippen LogP contribution in [0.5, 0.6) is 0 Å². The molecule has 0 saturated heterocycles. The van der Waals surface area contributed by atoms with Crippen molar-refractivity contribution in [2.24, 2.45) is 0 Å². The van der Waals surface area contributed by atoms with Gasteiger partial charge in [0.1, 0.15) is 11.9 Å². The zero-order valence-electron chi connectivity index (χ0n) is 15.1. The monoisotopic (exact) mass is 361 g/mol. The molecule has 0 spiro atoms. The van der Waals surface area contributed by atoms with Crippen LogP contribution < -0.4 is 5.32 Å². The number of benzene rings is 2. The summed E-state index contributed by atoms with van der Waals surface area (Å²) < 4.78 is 0. The highest BCUT2D eigenvalue weighted by molar-refractivity contribution is 5.73. The van der Waals surface area contributed by atoms with Crippen LogP contribution in [-0.2, 0) is 30.6 Å². The zero-order chi connectivity index (χ0) is 18.9. The van der Waals surface area contributed by atoms with Crippen LogP contribution in [0, 0.1) is 0 Å². The topological polar surface area (TPSA) is 75.1 Å². The summed E-state index contributed by atoms with van der Waals surface area (Å²) in [6.45, 7) is 0.419. The molecule has 2 N–H and O–H groups in total. The molecule has 0 radical (unpaired) electrons. The maximum atomic E-state index is 11.5. The van der Waals surface area contributed by atoms with Gasteiger partial charge in [0, 0.05) is 30.9 Å². The molecule has 1 atom stereocenters. The predicted molar refractivity (Wildman–Crippen MR) is 104 cm³/mol. The summed E-state index contributed by atoms with van der Waals surface area (Å²) in [5, 5.41) is 12.5. The fourth-order valence-electron chi connectivity index (χ4n) is 2.84. The van der Waals surface area contributed by atoms with E-state index in [0.717, 1.165) is 29.8 Å². The van der Waals surface area contributed by atoms with Crippen molar-refractivity contribution < 1.29 is 9.90 Å². The Bertz CT molecular complexity index is 836. The van der Waals surface area contributed by atoms with Crippen LogP contribution in [0.1, 0.15) is 22.5 Å². The highest BCUT2D eigenvalue weighted by atomic mass is 16.4. The molecule has 138 valence electrons. The maximum absolute atomic E-state index is 11.5. The van der Waals surface area contributed by atoms with E-state index in [1.54, 1.807) is 12.4 Å². The molecule has 2 aromatic carbocycles. The molecular formula is C22H23N3O2. The molecule has 0 aliphatic rings. The van der Waals surface area contributed by atoms with Crippen LogP contribution >= 0.6 is 0 Å². The van der Waals surface area contributed by atoms with Crippen molar-refractivity contribution in [2.45, 2.75) is 31.8 Å². The predicted octanol–water partition coefficient (Wildman–Crippen LogP) is 3.05. The molecule has 0 bridgehead atoms. The SMILES string of the molecule is O=C(O)C(Cc1ccccc1)NCc1cnc(CCc2ccccc2)nc1. The van der Waals surface area contributed by atoms with Crippen molar-refractivity contribution in [2.75, 3.05) is 0 Å². The highest BCUT2D eigenvalue weighted by Gasteiger charge is 2.17. The number of aryl methyl sites for hydroxylation is 2. The standard InChI is InChI=1S/C22H23N3O2/c26-22(27)20(13-18-9-5-2-6-10-18)23-14-19-15-24-21(25-16-19)12-11-17-7-3-1-4-8-17/h1-10,15-16,20,23H,11-14H2,(H,26,27). The number of aromatic nitrogens is 2. The molecule has 1 heterocycles. The van der Waals surface area contributed by atoms with Crippen molar-refractivity contribution >= 4 is 5.97 Å². The number of nitrogens with one attached hydrogen (secondary N) is 1. The summed E-state index contributed by atoms with van der Waals surface area (Å²) in [7, 11) is 0. The van der Waals surface area contributed by atoms with Gasteiger partial charge in [0.2, 0.25) is 0 Å². The lowest BCUT2D eigenvalue weighted by molar-refractivity contribution is -0.139. The molecule has 5 nitrogen and oxygen atoms in total. The number of hydrogen-bond donors (Lipinski definition) is 2. The summed E-state index contributed by atoms with van der Waals surface area (Å²) in [6, 6.07) is 19.2. The van der Waals surface area contributed by atoms with E-state index in [9.17, 15) is 9.90 Å². The van der Waals surface area contributed by atoms with E-state index in [2.05, 4.69) is 27.4 Å². The number of hydrogen-bond acceptors (Lipinski definition) is 4. The lowest BCUT2D eigenvalue weighted by Gasteiger charge is -2.14. The molecule has 1 unspecified atom stereocenters. The van der Waals surface area contributed by atoms with Gasteiger partial charge in [-0.05, 0) is 24.0 Å². The van der Waals surface area contributed by atoms with Crippen molar-refractivity contribution in [1.29, 1.82) is 0 Å². The molecule has 0 amide bonds. The van der Waals surface area contributed by atoms with Gasteiger partial charge >= 0.3 is 5.97 Å². The van der Waals surface area contributed by atoms with E-state index >= 15 is 0 Å². The largest absolute Gasteiger partial charge is 0.480 e. The number of carboxylic acid groups (broad SMARTS) is 1. The van der Waals surface area contributed by atoms with Crippen LogP contribution in [-0.4, -0.2) is 27.1 Å². The Morgan fingerprint density at radius 2 is 1.44 bits per heavy atom. The summed E-state index contributed by atoms with van der Waals surface area (Å²) >= 11 is 0. The molecule has 3 aromatic rings. The van der Waals surface area contributed by atoms with Crippen LogP contribution in [0.3, 0.4) is 0 Å². The first-order chi connectivity index (χ1) is 13.2. The second-order valence-electron chi connectivity index (χ2n) is 6.45. The first-order valence-corrected chi connectivity index (χ1v) is 9.04. The van der Waals surface area contributed by atoms with Gasteiger partial charge in [0.15, 0.2) is 0 Å². The smallest absolute Gasteiger partial charge is 0.321 e. The zero-order valence-corrected chi connectivity index (χ0v) is 15.1. The van der Waals surface area contributed by atoms with E-state index in [4.69, 9.17) is 0 Å². The van der Waals surface area contributed by atoms with Crippen LogP contribution in [0.25, 0.3) is 0 Å². The molecule has 1 aromatic heterocycles. The quantitative estimate of drug-likeness (QED) is 0.613. The first kappa shape index (κ1) is 18.7. The molecule has 0 fully saturated rings. The van der Waals surface area contributed by atoms with E-state index in [1.807, 2.05) is 48.5 Å². The van der Waals surface area contributed by atoms with Gasteiger partial charge in [-0.3, -0.25) is 10.1 Å². The molecule has 0 aliphatic heterocycles. The summed E-state index contributed by atoms with van der Waals surface area (Å²) in [5.74, 6) is -0.0686. The number of nitrogens with zero attached hydrogens (tertiary/aromatic N) is 2. The average Bonchev–Trinajstić information content (AvgIpc) is 2.71. The fourth-order valence-corrected chi connectivity index (χ4v) is 2.84. The maximum Gasteiger partial charge on any atom is 0.321 e. The minimum atomic E-state index is -0.862. The Labute approximate surface area is 159 Å². The first-order valence-electron chi connectivity index (χ1n) is 9.04. The minimum absolute atomic E-state index is 0.419. The second-order valence-corrected chi connectivity index (χ2v) is 6.45. The van der Waals surface area contributed by atoms with Gasteiger partial charge in [-0.15, -0.1) is 0 Å². The van der Waals surface area contributed by atoms with Gasteiger partial charge in [-0.1, -0.05) is 60.7 Å². The van der Waals surface area contributed by atoms with Crippen LogP contribution in [0.15, 0.2) is 73.1 Å². The second kappa shape index (κ2) is 9.59. The Kier molecular flexibility index (Phi) is 6.66. The normalized spacial score (nSPS) is 11.9.